The largest absolute Gasteiger partial charge is 0.505 e. The van der Waals surface area contributed by atoms with Crippen LogP contribution in [0, 0.1) is 22.0 Å². The minimum atomic E-state index is -0.946. The predicted octanol–water partition coefficient (Wildman–Crippen LogP) is 1.74. The van der Waals surface area contributed by atoms with Gasteiger partial charge in [0.15, 0.2) is 5.69 Å². The first-order valence-corrected chi connectivity index (χ1v) is 6.40. The monoisotopic (exact) mass is 294 g/mol. The number of aromatic hydroxyl groups is 1. The van der Waals surface area contributed by atoms with E-state index in [-0.39, 0.29) is 12.1 Å². The second kappa shape index (κ2) is 5.78. The highest BCUT2D eigenvalue weighted by atomic mass is 16.6. The first-order valence-electron chi connectivity index (χ1n) is 6.40. The van der Waals surface area contributed by atoms with Crippen LogP contribution in [0.5, 0.6) is 5.75 Å². The predicted molar refractivity (Wildman–Crippen MR) is 71.9 cm³/mol. The fourth-order valence-corrected chi connectivity index (χ4v) is 2.48. The number of carbonyl (C=O) groups excluding carboxylic acids is 1. The zero-order valence-corrected chi connectivity index (χ0v) is 11.0. The summed E-state index contributed by atoms with van der Waals surface area (Å²) in [4.78, 5) is 33.1. The third-order valence-corrected chi connectivity index (χ3v) is 3.62. The summed E-state index contributed by atoms with van der Waals surface area (Å²) in [6.45, 7) is 0. The van der Waals surface area contributed by atoms with Gasteiger partial charge in [0.1, 0.15) is 5.75 Å². The minimum Gasteiger partial charge on any atom is -0.505 e. The van der Waals surface area contributed by atoms with Gasteiger partial charge >= 0.3 is 5.97 Å². The van der Waals surface area contributed by atoms with Crippen LogP contribution >= 0.6 is 0 Å². The lowest BCUT2D eigenvalue weighted by molar-refractivity contribution is -0.384. The Labute approximate surface area is 119 Å². The van der Waals surface area contributed by atoms with Crippen LogP contribution in [0.15, 0.2) is 18.2 Å². The molecule has 0 radical (unpaired) electrons. The SMILES string of the molecule is O=C(O)C1CCC(C(=O)Nc2c(O)cccc2[N+](=O)[O-])C1. The molecule has 0 heterocycles. The first-order chi connectivity index (χ1) is 9.90. The van der Waals surface area contributed by atoms with E-state index in [2.05, 4.69) is 5.32 Å². The fraction of sp³-hybridized carbons (Fsp3) is 0.385. The number of nitrogens with one attached hydrogen (secondary N) is 1. The molecule has 2 rings (SSSR count). The van der Waals surface area contributed by atoms with Crippen LogP contribution in [-0.2, 0) is 9.59 Å². The standard InChI is InChI=1S/C13H14N2O6/c16-10-3-1-2-9(15(20)21)11(10)14-12(17)7-4-5-8(6-7)13(18)19/h1-3,7-8,16H,4-6H2,(H,14,17)(H,18,19). The number of aliphatic carboxylic acids is 1. The van der Waals surface area contributed by atoms with E-state index in [1.807, 2.05) is 0 Å². The number of phenolic OH excluding ortho intramolecular Hbond substituents is 1. The van der Waals surface area contributed by atoms with Crippen molar-refractivity contribution >= 4 is 23.3 Å². The summed E-state index contributed by atoms with van der Waals surface area (Å²) in [5.41, 5.74) is -0.664. The quantitative estimate of drug-likeness (QED) is 0.440. The van der Waals surface area contributed by atoms with Crippen molar-refractivity contribution in [3.63, 3.8) is 0 Å². The van der Waals surface area contributed by atoms with Crippen molar-refractivity contribution in [1.82, 2.24) is 0 Å². The third-order valence-electron chi connectivity index (χ3n) is 3.62. The molecule has 1 aromatic rings. The van der Waals surface area contributed by atoms with Gasteiger partial charge in [-0.2, -0.15) is 0 Å². The number of carboxylic acids is 1. The van der Waals surface area contributed by atoms with Crippen LogP contribution in [0.3, 0.4) is 0 Å². The zero-order valence-electron chi connectivity index (χ0n) is 11.0. The fourth-order valence-electron chi connectivity index (χ4n) is 2.48. The van der Waals surface area contributed by atoms with Gasteiger partial charge in [0.2, 0.25) is 5.91 Å². The van der Waals surface area contributed by atoms with E-state index in [0.29, 0.717) is 12.8 Å². The lowest BCUT2D eigenvalue weighted by Gasteiger charge is -2.12. The average Bonchev–Trinajstić information content (AvgIpc) is 2.90. The number of para-hydroxylation sites is 1. The maximum absolute atomic E-state index is 12.1. The highest BCUT2D eigenvalue weighted by molar-refractivity contribution is 5.96. The third kappa shape index (κ3) is 3.10. The van der Waals surface area contributed by atoms with Gasteiger partial charge < -0.3 is 15.5 Å². The van der Waals surface area contributed by atoms with Crippen molar-refractivity contribution in [2.75, 3.05) is 5.32 Å². The molecular weight excluding hydrogens is 280 g/mol. The Bertz CT molecular complexity index is 600. The van der Waals surface area contributed by atoms with Crippen LogP contribution in [0.2, 0.25) is 0 Å². The van der Waals surface area contributed by atoms with Crippen molar-refractivity contribution < 1.29 is 24.7 Å². The average molecular weight is 294 g/mol. The van der Waals surface area contributed by atoms with Gasteiger partial charge in [0.05, 0.1) is 10.8 Å². The molecule has 0 saturated heterocycles. The summed E-state index contributed by atoms with van der Waals surface area (Å²) in [6, 6.07) is 3.71. The number of hydrogen-bond acceptors (Lipinski definition) is 5. The molecule has 2 unspecified atom stereocenters. The highest BCUT2D eigenvalue weighted by Crippen LogP contribution is 2.36. The van der Waals surface area contributed by atoms with Crippen molar-refractivity contribution in [2.24, 2.45) is 11.8 Å². The number of hydrogen-bond donors (Lipinski definition) is 3. The topological polar surface area (TPSA) is 130 Å². The molecule has 1 aliphatic rings. The number of anilines is 1. The van der Waals surface area contributed by atoms with E-state index in [4.69, 9.17) is 5.11 Å². The Morgan fingerprint density at radius 3 is 2.52 bits per heavy atom. The van der Waals surface area contributed by atoms with Crippen LogP contribution < -0.4 is 5.32 Å². The lowest BCUT2D eigenvalue weighted by Crippen LogP contribution is -2.22. The molecule has 8 heteroatoms. The van der Waals surface area contributed by atoms with Gasteiger partial charge in [-0.25, -0.2) is 0 Å². The molecule has 0 spiro atoms. The van der Waals surface area contributed by atoms with Crippen LogP contribution in [-0.4, -0.2) is 27.0 Å². The van der Waals surface area contributed by atoms with E-state index < -0.39 is 40.1 Å². The van der Waals surface area contributed by atoms with Gasteiger partial charge in [-0.15, -0.1) is 0 Å². The van der Waals surface area contributed by atoms with Gasteiger partial charge in [-0.1, -0.05) is 6.07 Å². The smallest absolute Gasteiger partial charge is 0.306 e. The lowest BCUT2D eigenvalue weighted by atomic mass is 10.0. The molecule has 8 nitrogen and oxygen atoms in total. The molecule has 21 heavy (non-hydrogen) atoms. The second-order valence-corrected chi connectivity index (χ2v) is 4.96. The Kier molecular flexibility index (Phi) is 4.06. The number of amides is 1. The number of nitro benzene ring substituents is 1. The first kappa shape index (κ1) is 14.8. The van der Waals surface area contributed by atoms with E-state index in [0.717, 1.165) is 0 Å². The molecule has 1 aromatic carbocycles. The summed E-state index contributed by atoms with van der Waals surface area (Å²) in [7, 11) is 0. The van der Waals surface area contributed by atoms with Crippen molar-refractivity contribution in [2.45, 2.75) is 19.3 Å². The van der Waals surface area contributed by atoms with Gasteiger partial charge in [0, 0.05) is 12.0 Å². The molecular formula is C13H14N2O6. The van der Waals surface area contributed by atoms with E-state index in [1.54, 1.807) is 0 Å². The number of nitrogens with zero attached hydrogens (tertiary/aromatic N) is 1. The highest BCUT2D eigenvalue weighted by Gasteiger charge is 2.34. The molecule has 112 valence electrons. The van der Waals surface area contributed by atoms with Gasteiger partial charge in [0.25, 0.3) is 5.69 Å². The Hall–Kier alpha value is -2.64. The maximum Gasteiger partial charge on any atom is 0.306 e. The maximum atomic E-state index is 12.1. The molecule has 0 bridgehead atoms. The molecule has 0 aromatic heterocycles. The van der Waals surface area contributed by atoms with Gasteiger partial charge in [-0.3, -0.25) is 19.7 Å². The number of benzene rings is 1. The normalized spacial score (nSPS) is 21.0. The van der Waals surface area contributed by atoms with E-state index >= 15 is 0 Å². The Balaban J connectivity index is 2.14. The minimum absolute atomic E-state index is 0.197. The van der Waals surface area contributed by atoms with E-state index in [9.17, 15) is 24.8 Å². The van der Waals surface area contributed by atoms with Crippen molar-refractivity contribution in [3.05, 3.63) is 28.3 Å². The van der Waals surface area contributed by atoms with Crippen LogP contribution in [0.25, 0.3) is 0 Å². The van der Waals surface area contributed by atoms with E-state index in [1.165, 1.54) is 18.2 Å². The Morgan fingerprint density at radius 2 is 1.95 bits per heavy atom. The summed E-state index contributed by atoms with van der Waals surface area (Å²) < 4.78 is 0. The molecule has 1 fully saturated rings. The number of rotatable bonds is 4. The van der Waals surface area contributed by atoms with Gasteiger partial charge in [-0.05, 0) is 25.3 Å². The molecule has 1 amide bonds. The number of phenols is 1. The molecule has 1 saturated carbocycles. The summed E-state index contributed by atoms with van der Waals surface area (Å²) >= 11 is 0. The zero-order chi connectivity index (χ0) is 15.6. The number of carboxylic acid groups (broad SMARTS) is 1. The summed E-state index contributed by atoms with van der Waals surface area (Å²) in [5.74, 6) is -2.95. The molecule has 3 N–H and O–H groups in total. The molecule has 2 atom stereocenters. The Morgan fingerprint density at radius 1 is 1.29 bits per heavy atom. The van der Waals surface area contributed by atoms with Crippen LogP contribution in [0.4, 0.5) is 11.4 Å². The van der Waals surface area contributed by atoms with Crippen LogP contribution in [0.1, 0.15) is 19.3 Å². The van der Waals surface area contributed by atoms with Crippen molar-refractivity contribution in [3.8, 4) is 5.75 Å². The summed E-state index contributed by atoms with van der Waals surface area (Å²) in [6.07, 6.45) is 1.00. The number of carbonyl (C=O) groups is 2. The number of nitro groups is 1. The molecule has 0 aliphatic heterocycles. The molecule has 1 aliphatic carbocycles. The van der Waals surface area contributed by atoms with Crippen molar-refractivity contribution in [1.29, 1.82) is 0 Å². The second-order valence-electron chi connectivity index (χ2n) is 4.96. The summed E-state index contributed by atoms with van der Waals surface area (Å²) in [5, 5.41) is 31.8.